The summed E-state index contributed by atoms with van der Waals surface area (Å²) in [6.45, 7) is 3.07. The molecule has 1 saturated heterocycles. The van der Waals surface area contributed by atoms with Crippen molar-refractivity contribution in [2.24, 2.45) is 0 Å². The fraction of sp³-hybridized carbons (Fsp3) is 0.211. The smallest absolute Gasteiger partial charge is 0.0515 e. The van der Waals surface area contributed by atoms with Crippen LogP contribution in [0, 0.1) is 0 Å². The molecule has 0 atom stereocenters. The van der Waals surface area contributed by atoms with E-state index in [9.17, 15) is 0 Å². The first kappa shape index (κ1) is 17.0. The largest absolute Gasteiger partial charge is 0.380 e. The third kappa shape index (κ3) is 3.81. The molecule has 3 aromatic rings. The Bertz CT molecular complexity index is 831. The number of halogens is 2. The minimum Gasteiger partial charge on any atom is -0.380 e. The van der Waals surface area contributed by atoms with Crippen LogP contribution in [-0.4, -0.2) is 29.0 Å². The van der Waals surface area contributed by atoms with Crippen LogP contribution >= 0.6 is 24.0 Å². The predicted octanol–water partition coefficient (Wildman–Crippen LogP) is 4.61. The van der Waals surface area contributed by atoms with Crippen molar-refractivity contribution in [1.29, 1.82) is 0 Å². The minimum atomic E-state index is 0. The summed E-state index contributed by atoms with van der Waals surface area (Å²) in [5.74, 6) is 0. The van der Waals surface area contributed by atoms with Gasteiger partial charge in [-0.2, -0.15) is 0 Å². The lowest BCUT2D eigenvalue weighted by atomic mass is 10.1. The normalized spacial score (nSPS) is 14.9. The van der Waals surface area contributed by atoms with E-state index in [1.165, 1.54) is 22.0 Å². The molecule has 24 heavy (non-hydrogen) atoms. The first-order valence-corrected chi connectivity index (χ1v) is 8.21. The maximum Gasteiger partial charge on any atom is 0.0515 e. The zero-order valence-corrected chi connectivity index (χ0v) is 14.7. The number of aromatic nitrogens is 1. The van der Waals surface area contributed by atoms with Gasteiger partial charge in [0, 0.05) is 48.1 Å². The number of hydrogen-bond acceptors (Lipinski definition) is 3. The van der Waals surface area contributed by atoms with Crippen molar-refractivity contribution in [3.8, 4) is 0 Å². The van der Waals surface area contributed by atoms with Crippen molar-refractivity contribution < 1.29 is 0 Å². The molecule has 124 valence electrons. The van der Waals surface area contributed by atoms with Gasteiger partial charge in [0.2, 0.25) is 0 Å². The molecule has 0 saturated carbocycles. The van der Waals surface area contributed by atoms with Crippen molar-refractivity contribution in [3.05, 3.63) is 71.5 Å². The summed E-state index contributed by atoms with van der Waals surface area (Å²) in [4.78, 5) is 6.58. The minimum absolute atomic E-state index is 0. The highest BCUT2D eigenvalue weighted by Crippen LogP contribution is 2.22. The van der Waals surface area contributed by atoms with Gasteiger partial charge < -0.3 is 5.32 Å². The van der Waals surface area contributed by atoms with E-state index in [1.807, 2.05) is 36.7 Å². The fourth-order valence-electron chi connectivity index (χ4n) is 3.09. The van der Waals surface area contributed by atoms with Gasteiger partial charge in [-0.3, -0.25) is 9.88 Å². The molecule has 2 aromatic carbocycles. The Morgan fingerprint density at radius 3 is 2.79 bits per heavy atom. The van der Waals surface area contributed by atoms with Gasteiger partial charge in [-0.1, -0.05) is 29.8 Å². The van der Waals surface area contributed by atoms with Crippen LogP contribution in [0.4, 0.5) is 5.69 Å². The van der Waals surface area contributed by atoms with E-state index in [0.29, 0.717) is 6.04 Å². The lowest BCUT2D eigenvalue weighted by Gasteiger charge is -2.40. The van der Waals surface area contributed by atoms with Crippen molar-refractivity contribution in [2.75, 3.05) is 18.4 Å². The molecular weight excluding hydrogens is 341 g/mol. The highest BCUT2D eigenvalue weighted by atomic mass is 35.5. The summed E-state index contributed by atoms with van der Waals surface area (Å²) in [6.07, 6.45) is 3.73. The van der Waals surface area contributed by atoms with Gasteiger partial charge in [0.15, 0.2) is 0 Å². The molecule has 0 radical (unpaired) electrons. The summed E-state index contributed by atoms with van der Waals surface area (Å²) in [7, 11) is 0. The van der Waals surface area contributed by atoms with Crippen LogP contribution in [0.2, 0.25) is 5.02 Å². The predicted molar refractivity (Wildman–Crippen MR) is 103 cm³/mol. The first-order valence-electron chi connectivity index (χ1n) is 7.83. The van der Waals surface area contributed by atoms with Crippen molar-refractivity contribution in [3.63, 3.8) is 0 Å². The highest BCUT2D eigenvalue weighted by Gasteiger charge is 2.26. The molecule has 1 fully saturated rings. The lowest BCUT2D eigenvalue weighted by molar-refractivity contribution is 0.153. The van der Waals surface area contributed by atoms with Gasteiger partial charge in [0.05, 0.1) is 6.04 Å². The third-order valence-electron chi connectivity index (χ3n) is 4.26. The molecule has 1 aromatic heterocycles. The quantitative estimate of drug-likeness (QED) is 0.737. The molecule has 1 N–H and O–H groups in total. The molecule has 4 rings (SSSR count). The number of pyridine rings is 1. The van der Waals surface area contributed by atoms with Crippen LogP contribution in [0.5, 0.6) is 0 Å². The maximum atomic E-state index is 6.04. The highest BCUT2D eigenvalue weighted by molar-refractivity contribution is 6.30. The molecule has 0 bridgehead atoms. The molecule has 0 spiro atoms. The van der Waals surface area contributed by atoms with Gasteiger partial charge in [0.1, 0.15) is 0 Å². The Balaban J connectivity index is 0.00000169. The Kier molecular flexibility index (Phi) is 5.24. The monoisotopic (exact) mass is 359 g/mol. The van der Waals surface area contributed by atoms with E-state index in [0.717, 1.165) is 24.7 Å². The number of nitrogens with zero attached hydrogens (tertiary/aromatic N) is 2. The Hall–Kier alpha value is -1.81. The number of nitrogens with one attached hydrogen (secondary N) is 1. The van der Waals surface area contributed by atoms with E-state index >= 15 is 0 Å². The van der Waals surface area contributed by atoms with E-state index < -0.39 is 0 Å². The Morgan fingerprint density at radius 1 is 1.08 bits per heavy atom. The molecule has 1 aliphatic heterocycles. The van der Waals surface area contributed by atoms with Gasteiger partial charge in [0.25, 0.3) is 0 Å². The van der Waals surface area contributed by atoms with Gasteiger partial charge in [-0.15, -0.1) is 12.4 Å². The van der Waals surface area contributed by atoms with Gasteiger partial charge >= 0.3 is 0 Å². The Labute approximate surface area is 153 Å². The van der Waals surface area contributed by atoms with Crippen LogP contribution < -0.4 is 5.32 Å². The van der Waals surface area contributed by atoms with Gasteiger partial charge in [-0.05, 0) is 41.3 Å². The average Bonchev–Trinajstić information content (AvgIpc) is 2.53. The molecule has 5 heteroatoms. The summed E-state index contributed by atoms with van der Waals surface area (Å²) >= 11 is 6.04. The molecule has 0 aliphatic carbocycles. The zero-order valence-electron chi connectivity index (χ0n) is 13.2. The van der Waals surface area contributed by atoms with E-state index in [1.54, 1.807) is 0 Å². The van der Waals surface area contributed by atoms with Crippen molar-refractivity contribution in [2.45, 2.75) is 12.6 Å². The van der Waals surface area contributed by atoms with Crippen LogP contribution in [0.1, 0.15) is 5.56 Å². The lowest BCUT2D eigenvalue weighted by Crippen LogP contribution is -2.53. The Morgan fingerprint density at radius 2 is 1.96 bits per heavy atom. The topological polar surface area (TPSA) is 28.2 Å². The zero-order chi connectivity index (χ0) is 15.6. The molecule has 0 amide bonds. The maximum absolute atomic E-state index is 6.04. The molecule has 0 unspecified atom stereocenters. The van der Waals surface area contributed by atoms with Crippen LogP contribution in [0.3, 0.4) is 0 Å². The molecular formula is C19H19Cl2N3. The second-order valence-electron chi connectivity index (χ2n) is 6.10. The van der Waals surface area contributed by atoms with Crippen LogP contribution in [0.15, 0.2) is 60.9 Å². The summed E-state index contributed by atoms with van der Waals surface area (Å²) in [5, 5.41) is 6.82. The second kappa shape index (κ2) is 7.39. The summed E-state index contributed by atoms with van der Waals surface area (Å²) < 4.78 is 0. The fourth-order valence-corrected chi connectivity index (χ4v) is 3.31. The average molecular weight is 360 g/mol. The molecule has 1 aliphatic rings. The van der Waals surface area contributed by atoms with E-state index in [2.05, 4.69) is 39.5 Å². The van der Waals surface area contributed by atoms with E-state index in [-0.39, 0.29) is 12.4 Å². The summed E-state index contributed by atoms with van der Waals surface area (Å²) in [5.41, 5.74) is 2.45. The van der Waals surface area contributed by atoms with Crippen LogP contribution in [0.25, 0.3) is 10.8 Å². The van der Waals surface area contributed by atoms with Crippen molar-refractivity contribution >= 4 is 40.5 Å². The van der Waals surface area contributed by atoms with E-state index in [4.69, 9.17) is 11.6 Å². The SMILES string of the molecule is Cl.Clc1cccc(CN2CC(Nc3ccc4cnccc4c3)C2)c1. The van der Waals surface area contributed by atoms with Crippen LogP contribution in [-0.2, 0) is 6.54 Å². The number of anilines is 1. The molecule has 2 heterocycles. The standard InChI is InChI=1S/C19H18ClN3.ClH/c20-17-3-1-2-14(8-17)11-23-12-19(13-23)22-18-5-4-16-10-21-7-6-15(16)9-18;/h1-10,19,22H,11-13H2;1H. The van der Waals surface area contributed by atoms with Gasteiger partial charge in [-0.25, -0.2) is 0 Å². The number of likely N-dealkylation sites (tertiary alicyclic amines) is 1. The number of benzene rings is 2. The molecule has 3 nitrogen and oxygen atoms in total. The summed E-state index contributed by atoms with van der Waals surface area (Å²) in [6, 6.07) is 17.1. The number of rotatable bonds is 4. The second-order valence-corrected chi connectivity index (χ2v) is 6.54. The number of hydrogen-bond donors (Lipinski definition) is 1. The number of fused-ring (bicyclic) bond motifs is 1. The first-order chi connectivity index (χ1) is 11.3. The third-order valence-corrected chi connectivity index (χ3v) is 4.50. The van der Waals surface area contributed by atoms with Crippen molar-refractivity contribution in [1.82, 2.24) is 9.88 Å².